The van der Waals surface area contributed by atoms with Crippen molar-refractivity contribution in [3.63, 3.8) is 0 Å². The lowest BCUT2D eigenvalue weighted by Gasteiger charge is -2.18. The topological polar surface area (TPSA) is 124 Å². The average Bonchev–Trinajstić information content (AvgIpc) is 2.36. The van der Waals surface area contributed by atoms with Gasteiger partial charge in [-0.25, -0.2) is 9.59 Å². The van der Waals surface area contributed by atoms with Crippen molar-refractivity contribution in [1.29, 1.82) is 0 Å². The molecule has 4 N–H and O–H groups in total. The molecular weight excluding hydrogens is 256 g/mol. The summed E-state index contributed by atoms with van der Waals surface area (Å²) >= 11 is 0. The first kappa shape index (κ1) is 17.8. The van der Waals surface area contributed by atoms with E-state index < -0.39 is 30.3 Å². The van der Waals surface area contributed by atoms with Crippen LogP contribution in [0.2, 0.25) is 0 Å². The SMILES string of the molecule is CCC(CCC(C)O)COC(=O)C(O)C(O)C(=O)O. The lowest BCUT2D eigenvalue weighted by molar-refractivity contribution is -0.170. The van der Waals surface area contributed by atoms with Gasteiger partial charge in [0.2, 0.25) is 0 Å². The summed E-state index contributed by atoms with van der Waals surface area (Å²) in [5, 5.41) is 35.8. The first-order valence-electron chi connectivity index (χ1n) is 6.23. The van der Waals surface area contributed by atoms with Gasteiger partial charge in [-0.15, -0.1) is 0 Å². The maximum absolute atomic E-state index is 11.3. The van der Waals surface area contributed by atoms with Crippen LogP contribution in [0.5, 0.6) is 0 Å². The van der Waals surface area contributed by atoms with E-state index in [9.17, 15) is 14.7 Å². The van der Waals surface area contributed by atoms with Crippen LogP contribution in [0, 0.1) is 5.92 Å². The molecule has 0 aromatic heterocycles. The zero-order chi connectivity index (χ0) is 15.0. The smallest absolute Gasteiger partial charge is 0.338 e. The van der Waals surface area contributed by atoms with E-state index in [4.69, 9.17) is 20.1 Å². The number of hydrogen-bond acceptors (Lipinski definition) is 6. The standard InChI is InChI=1S/C12H22O7/c1-3-8(5-4-7(2)13)6-19-12(18)10(15)9(14)11(16)17/h7-10,13-15H,3-6H2,1-2H3,(H,16,17). The van der Waals surface area contributed by atoms with Gasteiger partial charge in [0.1, 0.15) is 0 Å². The number of carbonyl (C=O) groups is 2. The minimum absolute atomic E-state index is 0.0193. The summed E-state index contributed by atoms with van der Waals surface area (Å²) in [4.78, 5) is 21.7. The summed E-state index contributed by atoms with van der Waals surface area (Å²) in [6.07, 6.45) is -2.78. The zero-order valence-corrected chi connectivity index (χ0v) is 11.2. The monoisotopic (exact) mass is 278 g/mol. The van der Waals surface area contributed by atoms with E-state index in [0.29, 0.717) is 12.8 Å². The fourth-order valence-electron chi connectivity index (χ4n) is 1.43. The molecule has 0 amide bonds. The van der Waals surface area contributed by atoms with Gasteiger partial charge in [-0.2, -0.15) is 0 Å². The average molecular weight is 278 g/mol. The van der Waals surface area contributed by atoms with Crippen LogP contribution >= 0.6 is 0 Å². The van der Waals surface area contributed by atoms with E-state index in [0.717, 1.165) is 6.42 Å². The number of hydrogen-bond donors (Lipinski definition) is 4. The van der Waals surface area contributed by atoms with E-state index in [1.165, 1.54) is 0 Å². The highest BCUT2D eigenvalue weighted by Crippen LogP contribution is 2.13. The first-order valence-corrected chi connectivity index (χ1v) is 6.23. The van der Waals surface area contributed by atoms with Crippen LogP contribution < -0.4 is 0 Å². The lowest BCUT2D eigenvalue weighted by Crippen LogP contribution is -2.41. The Morgan fingerprint density at radius 2 is 1.68 bits per heavy atom. The molecule has 7 heteroatoms. The number of aliphatic hydroxyl groups is 3. The summed E-state index contributed by atoms with van der Waals surface area (Å²) in [5.41, 5.74) is 0. The number of aliphatic hydroxyl groups excluding tert-OH is 3. The molecule has 0 aromatic carbocycles. The predicted octanol–water partition coefficient (Wildman–Crippen LogP) is -0.477. The van der Waals surface area contributed by atoms with E-state index in [2.05, 4.69) is 0 Å². The van der Waals surface area contributed by atoms with Crippen LogP contribution in [0.3, 0.4) is 0 Å². The Labute approximate surface area is 111 Å². The van der Waals surface area contributed by atoms with E-state index in [1.54, 1.807) is 6.92 Å². The zero-order valence-electron chi connectivity index (χ0n) is 11.2. The summed E-state index contributed by atoms with van der Waals surface area (Å²) in [5.74, 6) is -2.83. The molecule has 7 nitrogen and oxygen atoms in total. The highest BCUT2D eigenvalue weighted by atomic mass is 16.6. The second kappa shape index (κ2) is 8.84. The van der Waals surface area contributed by atoms with Crippen molar-refractivity contribution >= 4 is 11.9 Å². The maximum Gasteiger partial charge on any atom is 0.338 e. The molecule has 0 aliphatic heterocycles. The van der Waals surface area contributed by atoms with Gasteiger partial charge in [-0.05, 0) is 25.7 Å². The molecule has 4 atom stereocenters. The van der Waals surface area contributed by atoms with Crippen LogP contribution in [-0.2, 0) is 14.3 Å². The van der Waals surface area contributed by atoms with Gasteiger partial charge in [0.25, 0.3) is 0 Å². The molecule has 0 rings (SSSR count). The van der Waals surface area contributed by atoms with Gasteiger partial charge < -0.3 is 25.2 Å². The predicted molar refractivity (Wildman–Crippen MR) is 65.3 cm³/mol. The molecule has 0 bridgehead atoms. The number of carboxylic acid groups (broad SMARTS) is 1. The van der Waals surface area contributed by atoms with Gasteiger partial charge in [-0.1, -0.05) is 13.3 Å². The number of ether oxygens (including phenoxy) is 1. The third-order valence-electron chi connectivity index (χ3n) is 2.82. The molecule has 0 aliphatic rings. The van der Waals surface area contributed by atoms with Crippen molar-refractivity contribution in [2.75, 3.05) is 6.61 Å². The normalized spacial score (nSPS) is 17.3. The fourth-order valence-corrected chi connectivity index (χ4v) is 1.43. The minimum atomic E-state index is -2.19. The molecule has 4 unspecified atom stereocenters. The number of carbonyl (C=O) groups excluding carboxylic acids is 1. The molecule has 0 spiro atoms. The van der Waals surface area contributed by atoms with Crippen LogP contribution in [0.1, 0.15) is 33.1 Å². The van der Waals surface area contributed by atoms with Crippen LogP contribution in [0.4, 0.5) is 0 Å². The molecule has 0 fully saturated rings. The minimum Gasteiger partial charge on any atom is -0.479 e. The van der Waals surface area contributed by atoms with Gasteiger partial charge in [0, 0.05) is 0 Å². The van der Waals surface area contributed by atoms with Gasteiger partial charge in [-0.3, -0.25) is 0 Å². The van der Waals surface area contributed by atoms with Crippen molar-refractivity contribution < 1.29 is 34.8 Å². The molecule has 0 aliphatic carbocycles. The molecule has 0 saturated carbocycles. The molecule has 0 saturated heterocycles. The Hall–Kier alpha value is -1.18. The lowest BCUT2D eigenvalue weighted by atomic mass is 9.99. The van der Waals surface area contributed by atoms with Crippen molar-refractivity contribution in [1.82, 2.24) is 0 Å². The second-order valence-electron chi connectivity index (χ2n) is 4.56. The Kier molecular flexibility index (Phi) is 8.29. The van der Waals surface area contributed by atoms with E-state index in [-0.39, 0.29) is 12.5 Å². The fraction of sp³-hybridized carbons (Fsp3) is 0.833. The van der Waals surface area contributed by atoms with Crippen LogP contribution in [-0.4, -0.2) is 57.3 Å². The largest absolute Gasteiger partial charge is 0.479 e. The Morgan fingerprint density at radius 1 is 1.11 bits per heavy atom. The number of aliphatic carboxylic acids is 1. The van der Waals surface area contributed by atoms with E-state index in [1.807, 2.05) is 6.92 Å². The quantitative estimate of drug-likeness (QED) is 0.420. The molecule has 0 heterocycles. The third kappa shape index (κ3) is 7.09. The van der Waals surface area contributed by atoms with Crippen molar-refractivity contribution in [3.05, 3.63) is 0 Å². The van der Waals surface area contributed by atoms with E-state index >= 15 is 0 Å². The number of esters is 1. The molecular formula is C12H22O7. The summed E-state index contributed by atoms with van der Waals surface area (Å²) in [7, 11) is 0. The second-order valence-corrected chi connectivity index (χ2v) is 4.56. The van der Waals surface area contributed by atoms with Crippen molar-refractivity contribution in [2.45, 2.75) is 51.4 Å². The molecule has 112 valence electrons. The van der Waals surface area contributed by atoms with Gasteiger partial charge in [0.15, 0.2) is 12.2 Å². The van der Waals surface area contributed by atoms with Gasteiger partial charge >= 0.3 is 11.9 Å². The van der Waals surface area contributed by atoms with Crippen LogP contribution in [0.15, 0.2) is 0 Å². The number of carboxylic acids is 1. The Morgan fingerprint density at radius 3 is 2.11 bits per heavy atom. The van der Waals surface area contributed by atoms with Gasteiger partial charge in [0.05, 0.1) is 12.7 Å². The Balaban J connectivity index is 4.15. The highest BCUT2D eigenvalue weighted by molar-refractivity contribution is 5.84. The Bertz CT molecular complexity index is 290. The summed E-state index contributed by atoms with van der Waals surface area (Å²) in [6, 6.07) is 0. The first-order chi connectivity index (χ1) is 8.79. The number of rotatable bonds is 9. The third-order valence-corrected chi connectivity index (χ3v) is 2.82. The molecule has 0 aromatic rings. The van der Waals surface area contributed by atoms with Crippen LogP contribution in [0.25, 0.3) is 0 Å². The van der Waals surface area contributed by atoms with Crippen molar-refractivity contribution in [2.24, 2.45) is 5.92 Å². The maximum atomic E-state index is 11.3. The summed E-state index contributed by atoms with van der Waals surface area (Å²) in [6.45, 7) is 3.57. The van der Waals surface area contributed by atoms with Crippen molar-refractivity contribution in [3.8, 4) is 0 Å². The molecule has 0 radical (unpaired) electrons. The molecule has 19 heavy (non-hydrogen) atoms. The summed E-state index contributed by atoms with van der Waals surface area (Å²) < 4.78 is 4.77. The highest BCUT2D eigenvalue weighted by Gasteiger charge is 2.31.